The molecule has 0 spiro atoms. The highest BCUT2D eigenvalue weighted by Gasteiger charge is 2.44. The summed E-state index contributed by atoms with van der Waals surface area (Å²) < 4.78 is 46.1. The molecule has 8 heteroatoms. The standard InChI is InChI=1S/C9H13F3N2O3/c1-5(7(15)9(10,11)12)8-13-6(14-17-8)3-4-16-2/h5,7,15H,3-4H2,1-2H3. The molecule has 2 unspecified atom stereocenters. The summed E-state index contributed by atoms with van der Waals surface area (Å²) in [5.41, 5.74) is 0. The molecule has 0 aliphatic heterocycles. The Kier molecular flexibility index (Phi) is 4.47. The average molecular weight is 254 g/mol. The van der Waals surface area contributed by atoms with Gasteiger partial charge in [-0.2, -0.15) is 18.2 Å². The smallest absolute Gasteiger partial charge is 0.384 e. The summed E-state index contributed by atoms with van der Waals surface area (Å²) in [5, 5.41) is 12.5. The second-order valence-corrected chi connectivity index (χ2v) is 3.57. The van der Waals surface area contributed by atoms with E-state index in [1.54, 1.807) is 0 Å². The Morgan fingerprint density at radius 3 is 2.65 bits per heavy atom. The number of hydrogen-bond acceptors (Lipinski definition) is 5. The van der Waals surface area contributed by atoms with Crippen molar-refractivity contribution in [3.8, 4) is 0 Å². The Morgan fingerprint density at radius 1 is 1.47 bits per heavy atom. The highest BCUT2D eigenvalue weighted by molar-refractivity contribution is 4.97. The molecule has 0 amide bonds. The van der Waals surface area contributed by atoms with Gasteiger partial charge in [0.25, 0.3) is 0 Å². The molecule has 1 aromatic rings. The third-order valence-corrected chi connectivity index (χ3v) is 2.21. The minimum Gasteiger partial charge on any atom is -0.384 e. The summed E-state index contributed by atoms with van der Waals surface area (Å²) in [6.07, 6.45) is -6.88. The molecule has 2 atom stereocenters. The van der Waals surface area contributed by atoms with Gasteiger partial charge in [-0.3, -0.25) is 0 Å². The van der Waals surface area contributed by atoms with E-state index in [9.17, 15) is 13.2 Å². The van der Waals surface area contributed by atoms with Crippen molar-refractivity contribution in [3.05, 3.63) is 11.7 Å². The molecule has 0 saturated carbocycles. The normalized spacial score (nSPS) is 15.9. The molecule has 0 aromatic carbocycles. The minimum absolute atomic E-state index is 0.235. The van der Waals surface area contributed by atoms with Crippen molar-refractivity contribution in [2.75, 3.05) is 13.7 Å². The van der Waals surface area contributed by atoms with E-state index in [0.29, 0.717) is 13.0 Å². The number of hydrogen-bond donors (Lipinski definition) is 1. The van der Waals surface area contributed by atoms with Gasteiger partial charge in [0.1, 0.15) is 0 Å². The molecule has 1 heterocycles. The van der Waals surface area contributed by atoms with E-state index in [1.807, 2.05) is 0 Å². The maximum Gasteiger partial charge on any atom is 0.415 e. The van der Waals surface area contributed by atoms with Crippen LogP contribution in [0.5, 0.6) is 0 Å². The average Bonchev–Trinajstić information content (AvgIpc) is 2.71. The number of ether oxygens (including phenoxy) is 1. The molecule has 0 saturated heterocycles. The number of aliphatic hydroxyl groups excluding tert-OH is 1. The van der Waals surface area contributed by atoms with Gasteiger partial charge in [-0.05, 0) is 0 Å². The van der Waals surface area contributed by atoms with E-state index in [0.717, 1.165) is 0 Å². The molecule has 0 radical (unpaired) electrons. The fourth-order valence-electron chi connectivity index (χ4n) is 1.17. The number of halogens is 3. The predicted molar refractivity (Wildman–Crippen MR) is 50.4 cm³/mol. The number of aliphatic hydroxyl groups is 1. The summed E-state index contributed by atoms with van der Waals surface area (Å²) in [6, 6.07) is 0. The third-order valence-electron chi connectivity index (χ3n) is 2.21. The topological polar surface area (TPSA) is 68.4 Å². The summed E-state index contributed by atoms with van der Waals surface area (Å²) in [5.74, 6) is -1.28. The zero-order valence-electron chi connectivity index (χ0n) is 9.36. The lowest BCUT2D eigenvalue weighted by Gasteiger charge is -2.17. The van der Waals surface area contributed by atoms with E-state index >= 15 is 0 Å². The van der Waals surface area contributed by atoms with Crippen molar-refractivity contribution in [2.45, 2.75) is 31.5 Å². The van der Waals surface area contributed by atoms with Gasteiger partial charge in [-0.1, -0.05) is 12.1 Å². The van der Waals surface area contributed by atoms with E-state index in [2.05, 4.69) is 14.7 Å². The van der Waals surface area contributed by atoms with Crippen LogP contribution in [-0.2, 0) is 11.2 Å². The number of nitrogens with zero attached hydrogens (tertiary/aromatic N) is 2. The monoisotopic (exact) mass is 254 g/mol. The van der Waals surface area contributed by atoms with Crippen LogP contribution in [0.3, 0.4) is 0 Å². The van der Waals surface area contributed by atoms with Gasteiger partial charge in [-0.15, -0.1) is 0 Å². The van der Waals surface area contributed by atoms with E-state index in [4.69, 9.17) is 9.84 Å². The number of aromatic nitrogens is 2. The van der Waals surface area contributed by atoms with Crippen molar-refractivity contribution in [1.82, 2.24) is 10.1 Å². The molecule has 98 valence electrons. The Hall–Kier alpha value is -1.15. The Balaban J connectivity index is 2.69. The maximum atomic E-state index is 12.2. The molecular formula is C9H13F3N2O3. The first kappa shape index (κ1) is 13.9. The second-order valence-electron chi connectivity index (χ2n) is 3.57. The molecule has 0 fully saturated rings. The van der Waals surface area contributed by atoms with Crippen LogP contribution in [0.15, 0.2) is 4.52 Å². The minimum atomic E-state index is -4.71. The first-order valence-electron chi connectivity index (χ1n) is 4.92. The quantitative estimate of drug-likeness (QED) is 0.857. The molecule has 1 N–H and O–H groups in total. The fourth-order valence-corrected chi connectivity index (χ4v) is 1.17. The zero-order valence-corrected chi connectivity index (χ0v) is 9.36. The molecule has 1 aromatic heterocycles. The van der Waals surface area contributed by atoms with Crippen molar-refractivity contribution in [3.63, 3.8) is 0 Å². The van der Waals surface area contributed by atoms with Crippen molar-refractivity contribution < 1.29 is 27.5 Å². The van der Waals surface area contributed by atoms with Crippen molar-refractivity contribution in [1.29, 1.82) is 0 Å². The van der Waals surface area contributed by atoms with Crippen LogP contribution < -0.4 is 0 Å². The largest absolute Gasteiger partial charge is 0.415 e. The van der Waals surface area contributed by atoms with Crippen LogP contribution in [0.1, 0.15) is 24.6 Å². The SMILES string of the molecule is COCCc1noc(C(C)C(O)C(F)(F)F)n1. The van der Waals surface area contributed by atoms with Crippen LogP contribution >= 0.6 is 0 Å². The van der Waals surface area contributed by atoms with Crippen LogP contribution in [0.2, 0.25) is 0 Å². The lowest BCUT2D eigenvalue weighted by molar-refractivity contribution is -0.210. The Morgan fingerprint density at radius 2 is 2.12 bits per heavy atom. The number of methoxy groups -OCH3 is 1. The highest BCUT2D eigenvalue weighted by Crippen LogP contribution is 2.30. The number of rotatable bonds is 5. The van der Waals surface area contributed by atoms with Gasteiger partial charge in [0, 0.05) is 13.5 Å². The summed E-state index contributed by atoms with van der Waals surface area (Å²) in [7, 11) is 1.48. The molecule has 1 rings (SSSR count). The number of alkyl halides is 3. The van der Waals surface area contributed by atoms with E-state index < -0.39 is 18.2 Å². The zero-order chi connectivity index (χ0) is 13.1. The van der Waals surface area contributed by atoms with Crippen molar-refractivity contribution >= 4 is 0 Å². The highest BCUT2D eigenvalue weighted by atomic mass is 19.4. The Bertz CT molecular complexity index is 354. The molecule has 5 nitrogen and oxygen atoms in total. The first-order valence-corrected chi connectivity index (χ1v) is 4.92. The van der Waals surface area contributed by atoms with Gasteiger partial charge in [0.05, 0.1) is 12.5 Å². The Labute approximate surface area is 95.6 Å². The second kappa shape index (κ2) is 5.46. The van der Waals surface area contributed by atoms with E-state index in [-0.39, 0.29) is 11.7 Å². The van der Waals surface area contributed by atoms with Crippen LogP contribution in [0, 0.1) is 0 Å². The maximum absolute atomic E-state index is 12.2. The summed E-state index contributed by atoms with van der Waals surface area (Å²) in [4.78, 5) is 3.76. The lowest BCUT2D eigenvalue weighted by Crippen LogP contribution is -2.33. The molecule has 0 aliphatic carbocycles. The van der Waals surface area contributed by atoms with Crippen molar-refractivity contribution in [2.24, 2.45) is 0 Å². The van der Waals surface area contributed by atoms with E-state index in [1.165, 1.54) is 14.0 Å². The third kappa shape index (κ3) is 3.67. The first-order chi connectivity index (χ1) is 7.86. The van der Waals surface area contributed by atoms with Gasteiger partial charge in [-0.25, -0.2) is 0 Å². The van der Waals surface area contributed by atoms with Gasteiger partial charge in [0.2, 0.25) is 5.89 Å². The van der Waals surface area contributed by atoms with Crippen LogP contribution in [0.25, 0.3) is 0 Å². The van der Waals surface area contributed by atoms with Gasteiger partial charge < -0.3 is 14.4 Å². The molecule has 0 bridgehead atoms. The molecule has 17 heavy (non-hydrogen) atoms. The summed E-state index contributed by atoms with van der Waals surface area (Å²) >= 11 is 0. The van der Waals surface area contributed by atoms with Crippen LogP contribution in [-0.4, -0.2) is 41.2 Å². The van der Waals surface area contributed by atoms with Gasteiger partial charge >= 0.3 is 6.18 Å². The van der Waals surface area contributed by atoms with Crippen LogP contribution in [0.4, 0.5) is 13.2 Å². The lowest BCUT2D eigenvalue weighted by atomic mass is 10.1. The predicted octanol–water partition coefficient (Wildman–Crippen LogP) is 1.29. The fraction of sp³-hybridized carbons (Fsp3) is 0.778. The summed E-state index contributed by atoms with van der Waals surface area (Å²) in [6.45, 7) is 1.51. The van der Waals surface area contributed by atoms with Gasteiger partial charge in [0.15, 0.2) is 11.9 Å². The molecular weight excluding hydrogens is 241 g/mol. The molecule has 0 aliphatic rings.